The van der Waals surface area contributed by atoms with Gasteiger partial charge in [-0.2, -0.15) is 0 Å². The smallest absolute Gasteiger partial charge is 0.253 e. The maximum atomic E-state index is 12.7. The van der Waals surface area contributed by atoms with E-state index >= 15 is 0 Å². The van der Waals surface area contributed by atoms with Gasteiger partial charge in [-0.05, 0) is 61.7 Å². The van der Waals surface area contributed by atoms with Gasteiger partial charge in [-0.1, -0.05) is 44.2 Å². The van der Waals surface area contributed by atoms with E-state index in [4.69, 9.17) is 11.6 Å². The summed E-state index contributed by atoms with van der Waals surface area (Å²) in [7, 11) is 0. The Hall–Kier alpha value is -3.06. The van der Waals surface area contributed by atoms with E-state index < -0.39 is 0 Å². The third-order valence-electron chi connectivity index (χ3n) is 5.85. The molecule has 1 saturated carbocycles. The van der Waals surface area contributed by atoms with Crippen molar-refractivity contribution in [1.29, 1.82) is 0 Å². The van der Waals surface area contributed by atoms with Gasteiger partial charge in [0.1, 0.15) is 0 Å². The summed E-state index contributed by atoms with van der Waals surface area (Å²) in [5.74, 6) is -0.587. The normalized spacial score (nSPS) is 13.7. The fourth-order valence-corrected chi connectivity index (χ4v) is 4.10. The zero-order valence-electron chi connectivity index (χ0n) is 19.6. The van der Waals surface area contributed by atoms with Crippen molar-refractivity contribution in [2.75, 3.05) is 23.7 Å². The van der Waals surface area contributed by atoms with Crippen LogP contribution in [0.1, 0.15) is 72.6 Å². The van der Waals surface area contributed by atoms with Crippen molar-refractivity contribution in [3.8, 4) is 0 Å². The Kier molecular flexibility index (Phi) is 9.76. The van der Waals surface area contributed by atoms with Crippen molar-refractivity contribution >= 4 is 40.7 Å². The second-order valence-corrected chi connectivity index (χ2v) is 9.00. The van der Waals surface area contributed by atoms with Crippen molar-refractivity contribution in [1.82, 2.24) is 10.6 Å². The number of halogens is 1. The molecule has 4 N–H and O–H groups in total. The Morgan fingerprint density at radius 1 is 0.941 bits per heavy atom. The minimum Gasteiger partial charge on any atom is -0.376 e. The molecule has 3 amide bonds. The number of hydrogen-bond donors (Lipinski definition) is 4. The third kappa shape index (κ3) is 7.76. The predicted molar refractivity (Wildman–Crippen MR) is 137 cm³/mol. The summed E-state index contributed by atoms with van der Waals surface area (Å²) in [5.41, 5.74) is 2.16. The van der Waals surface area contributed by atoms with E-state index in [1.807, 2.05) is 0 Å². The molecule has 0 heterocycles. The number of carbonyl (C=O) groups excluding carboxylic acids is 3. The quantitative estimate of drug-likeness (QED) is 0.357. The molecule has 7 nitrogen and oxygen atoms in total. The minimum atomic E-state index is -0.262. The molecule has 0 saturated heterocycles. The van der Waals surface area contributed by atoms with Gasteiger partial charge >= 0.3 is 0 Å². The molecular formula is C26H33ClN4O3. The van der Waals surface area contributed by atoms with Crippen LogP contribution in [0.15, 0.2) is 42.5 Å². The van der Waals surface area contributed by atoms with Crippen molar-refractivity contribution < 1.29 is 14.4 Å². The van der Waals surface area contributed by atoms with Gasteiger partial charge in [0.25, 0.3) is 11.8 Å². The van der Waals surface area contributed by atoms with Crippen LogP contribution in [0.5, 0.6) is 0 Å². The molecule has 34 heavy (non-hydrogen) atoms. The molecule has 0 radical (unpaired) electrons. The van der Waals surface area contributed by atoms with Gasteiger partial charge in [0.15, 0.2) is 0 Å². The van der Waals surface area contributed by atoms with Gasteiger partial charge in [0.2, 0.25) is 5.91 Å². The van der Waals surface area contributed by atoms with Crippen molar-refractivity contribution in [3.05, 3.63) is 58.6 Å². The molecule has 0 aromatic heterocycles. The highest BCUT2D eigenvalue weighted by atomic mass is 35.5. The second kappa shape index (κ2) is 13.0. The van der Waals surface area contributed by atoms with E-state index in [2.05, 4.69) is 28.2 Å². The van der Waals surface area contributed by atoms with Crippen LogP contribution in [0.2, 0.25) is 5.02 Å². The van der Waals surface area contributed by atoms with Crippen molar-refractivity contribution in [3.63, 3.8) is 0 Å². The summed E-state index contributed by atoms with van der Waals surface area (Å²) in [6.07, 6.45) is 7.39. The summed E-state index contributed by atoms with van der Waals surface area (Å²) < 4.78 is 0. The highest BCUT2D eigenvalue weighted by Gasteiger charge is 2.19. The van der Waals surface area contributed by atoms with Crippen LogP contribution in [0.4, 0.5) is 11.4 Å². The second-order valence-electron chi connectivity index (χ2n) is 8.59. The molecule has 2 aromatic rings. The van der Waals surface area contributed by atoms with Gasteiger partial charge < -0.3 is 21.3 Å². The Balaban J connectivity index is 1.50. The number of amides is 3. The third-order valence-corrected chi connectivity index (χ3v) is 6.18. The standard InChI is InChI=1S/C26H33ClN4O3/c1-2-3-15-28-25(33)18-9-11-19(12-10-18)29-17-24(32)30-21-13-14-23(27)22(16-21)26(34)31-20-7-5-4-6-8-20/h9-14,16,20,29H,2-8,15,17H2,1H3,(H,28,33)(H,30,32)(H,31,34). The van der Waals surface area contributed by atoms with E-state index in [1.165, 1.54) is 6.42 Å². The zero-order valence-corrected chi connectivity index (χ0v) is 20.3. The maximum absolute atomic E-state index is 12.7. The molecule has 1 fully saturated rings. The maximum Gasteiger partial charge on any atom is 0.253 e. The van der Waals surface area contributed by atoms with Crippen LogP contribution >= 0.6 is 11.6 Å². The predicted octanol–water partition coefficient (Wildman–Crippen LogP) is 4.98. The van der Waals surface area contributed by atoms with E-state index in [9.17, 15) is 14.4 Å². The zero-order chi connectivity index (χ0) is 24.3. The minimum absolute atomic E-state index is 0.0360. The number of rotatable bonds is 10. The Morgan fingerprint density at radius 3 is 2.35 bits per heavy atom. The highest BCUT2D eigenvalue weighted by molar-refractivity contribution is 6.34. The van der Waals surface area contributed by atoms with Crippen LogP contribution in [0.3, 0.4) is 0 Å². The van der Waals surface area contributed by atoms with Crippen LogP contribution in [0.25, 0.3) is 0 Å². The molecule has 2 aromatic carbocycles. The number of carbonyl (C=O) groups is 3. The van der Waals surface area contributed by atoms with Crippen molar-refractivity contribution in [2.24, 2.45) is 0 Å². The largest absolute Gasteiger partial charge is 0.376 e. The summed E-state index contributed by atoms with van der Waals surface area (Å²) in [5, 5.41) is 12.1. The first-order valence-electron chi connectivity index (χ1n) is 12.0. The van der Waals surface area contributed by atoms with Gasteiger partial charge in [-0.3, -0.25) is 14.4 Å². The SMILES string of the molecule is CCCCNC(=O)c1ccc(NCC(=O)Nc2ccc(Cl)c(C(=O)NC3CCCCC3)c2)cc1. The number of hydrogen-bond acceptors (Lipinski definition) is 4. The summed E-state index contributed by atoms with van der Waals surface area (Å²) in [4.78, 5) is 37.2. The fraction of sp³-hybridized carbons (Fsp3) is 0.423. The first kappa shape index (κ1) is 25.6. The molecule has 3 rings (SSSR count). The van der Waals surface area contributed by atoms with Gasteiger partial charge in [-0.25, -0.2) is 0 Å². The average Bonchev–Trinajstić information content (AvgIpc) is 2.85. The lowest BCUT2D eigenvalue weighted by Gasteiger charge is -2.23. The molecular weight excluding hydrogens is 452 g/mol. The highest BCUT2D eigenvalue weighted by Crippen LogP contribution is 2.23. The summed E-state index contributed by atoms with van der Waals surface area (Å²) >= 11 is 6.24. The topological polar surface area (TPSA) is 99.3 Å². The molecule has 8 heteroatoms. The molecule has 0 atom stereocenters. The molecule has 1 aliphatic carbocycles. The number of benzene rings is 2. The molecule has 0 bridgehead atoms. The first-order valence-corrected chi connectivity index (χ1v) is 12.4. The number of unbranched alkanes of at least 4 members (excludes halogenated alkanes) is 1. The number of anilines is 2. The first-order chi connectivity index (χ1) is 16.5. The van der Waals surface area contributed by atoms with E-state index in [0.29, 0.717) is 28.4 Å². The number of nitrogens with one attached hydrogen (secondary N) is 4. The monoisotopic (exact) mass is 484 g/mol. The van der Waals surface area contributed by atoms with Crippen LogP contribution in [-0.4, -0.2) is 36.9 Å². The lowest BCUT2D eigenvalue weighted by Crippen LogP contribution is -2.36. The molecule has 0 unspecified atom stereocenters. The Morgan fingerprint density at radius 2 is 1.65 bits per heavy atom. The molecule has 182 valence electrons. The van der Waals surface area contributed by atoms with E-state index in [0.717, 1.165) is 44.2 Å². The Labute approximate surface area is 206 Å². The van der Waals surface area contributed by atoms with Gasteiger partial charge in [-0.15, -0.1) is 0 Å². The van der Waals surface area contributed by atoms with Gasteiger partial charge in [0.05, 0.1) is 17.1 Å². The van der Waals surface area contributed by atoms with Crippen molar-refractivity contribution in [2.45, 2.75) is 57.9 Å². The fourth-order valence-electron chi connectivity index (χ4n) is 3.89. The Bertz CT molecular complexity index is 988. The summed E-state index contributed by atoms with van der Waals surface area (Å²) in [6, 6.07) is 12.0. The lowest BCUT2D eigenvalue weighted by molar-refractivity contribution is -0.114. The van der Waals surface area contributed by atoms with Crippen LogP contribution < -0.4 is 21.3 Å². The van der Waals surface area contributed by atoms with Crippen LogP contribution in [-0.2, 0) is 4.79 Å². The molecule has 0 spiro atoms. The lowest BCUT2D eigenvalue weighted by atomic mass is 9.95. The van der Waals surface area contributed by atoms with Gasteiger partial charge in [0, 0.05) is 29.5 Å². The average molecular weight is 485 g/mol. The molecule has 0 aliphatic heterocycles. The molecule has 1 aliphatic rings. The van der Waals surface area contributed by atoms with Crippen LogP contribution in [0, 0.1) is 0 Å². The summed E-state index contributed by atoms with van der Waals surface area (Å²) in [6.45, 7) is 2.77. The van der Waals surface area contributed by atoms with E-state index in [1.54, 1.807) is 42.5 Å². The van der Waals surface area contributed by atoms with E-state index in [-0.39, 0.29) is 30.3 Å².